The Bertz CT molecular complexity index is 366. The van der Waals surface area contributed by atoms with E-state index in [4.69, 9.17) is 0 Å². The van der Waals surface area contributed by atoms with Gasteiger partial charge in [-0.25, -0.2) is 8.42 Å². The Kier molecular flexibility index (Phi) is 1.56. The molecule has 0 aromatic heterocycles. The van der Waals surface area contributed by atoms with E-state index < -0.39 is 9.84 Å². The molecule has 2 nitrogen and oxygen atoms in total. The zero-order valence-corrected chi connectivity index (χ0v) is 9.15. The lowest BCUT2D eigenvalue weighted by Gasteiger charge is -2.40. The summed E-state index contributed by atoms with van der Waals surface area (Å²) in [6.07, 6.45) is 9.91. The number of hydrogen-bond donors (Lipinski definition) is 0. The molecule has 2 fully saturated rings. The summed E-state index contributed by atoms with van der Waals surface area (Å²) >= 11 is 0. The Morgan fingerprint density at radius 2 is 1.43 bits per heavy atom. The van der Waals surface area contributed by atoms with Crippen LogP contribution in [-0.2, 0) is 9.84 Å². The molecule has 1 heterocycles. The summed E-state index contributed by atoms with van der Waals surface area (Å²) in [5.41, 5.74) is 0.279. The maximum Gasteiger partial charge on any atom is 0.151 e. The monoisotopic (exact) mass is 212 g/mol. The predicted octanol–water partition coefficient (Wildman–Crippen LogP) is 1.92. The van der Waals surface area contributed by atoms with E-state index >= 15 is 0 Å². The fraction of sp³-hybridized carbons (Fsp3) is 0.818. The molecule has 1 saturated carbocycles. The molecule has 0 unspecified atom stereocenters. The zero-order valence-electron chi connectivity index (χ0n) is 8.33. The Balaban J connectivity index is 2.14. The lowest BCUT2D eigenvalue weighted by molar-refractivity contribution is 0.131. The molecule has 14 heavy (non-hydrogen) atoms. The molecule has 78 valence electrons. The predicted molar refractivity (Wildman–Crippen MR) is 55.7 cm³/mol. The Labute approximate surface area is 85.3 Å². The fourth-order valence-corrected chi connectivity index (χ4v) is 6.93. The quantitative estimate of drug-likeness (QED) is 0.575. The molecule has 2 aliphatic carbocycles. The van der Waals surface area contributed by atoms with E-state index in [0.717, 1.165) is 25.7 Å². The fourth-order valence-electron chi connectivity index (χ4n) is 4.01. The highest BCUT2D eigenvalue weighted by molar-refractivity contribution is 7.91. The highest BCUT2D eigenvalue weighted by atomic mass is 32.2. The van der Waals surface area contributed by atoms with Gasteiger partial charge in [-0.1, -0.05) is 18.6 Å². The van der Waals surface area contributed by atoms with E-state index in [1.165, 1.54) is 6.42 Å². The van der Waals surface area contributed by atoms with Crippen LogP contribution in [0.1, 0.15) is 32.1 Å². The first-order valence-corrected chi connectivity index (χ1v) is 7.25. The molecule has 3 aliphatic rings. The average molecular weight is 212 g/mol. The van der Waals surface area contributed by atoms with Crippen LogP contribution in [0.5, 0.6) is 0 Å². The van der Waals surface area contributed by atoms with E-state index in [2.05, 4.69) is 12.2 Å². The molecule has 3 rings (SSSR count). The molecule has 0 amide bonds. The van der Waals surface area contributed by atoms with Gasteiger partial charge in [0.25, 0.3) is 0 Å². The molecule has 0 radical (unpaired) electrons. The van der Waals surface area contributed by atoms with E-state index in [-0.39, 0.29) is 10.8 Å². The van der Waals surface area contributed by atoms with Gasteiger partial charge in [0, 0.05) is 0 Å². The van der Waals surface area contributed by atoms with Crippen LogP contribution < -0.4 is 0 Å². The number of sulfone groups is 1. The minimum atomic E-state index is -2.75. The van der Waals surface area contributed by atoms with Gasteiger partial charge in [0.15, 0.2) is 9.84 Å². The largest absolute Gasteiger partial charge is 0.229 e. The molecule has 3 heteroatoms. The Hall–Kier alpha value is -0.310. The van der Waals surface area contributed by atoms with Crippen LogP contribution in [0.15, 0.2) is 12.2 Å². The van der Waals surface area contributed by atoms with Crippen LogP contribution in [0.25, 0.3) is 0 Å². The van der Waals surface area contributed by atoms with Gasteiger partial charge in [-0.2, -0.15) is 0 Å². The Morgan fingerprint density at radius 3 is 1.93 bits per heavy atom. The smallest absolute Gasteiger partial charge is 0.151 e. The second kappa shape index (κ2) is 2.43. The molecule has 2 atom stereocenters. The molecular formula is C11H16O2S. The van der Waals surface area contributed by atoms with Gasteiger partial charge in [0.2, 0.25) is 0 Å². The van der Waals surface area contributed by atoms with Gasteiger partial charge >= 0.3 is 0 Å². The van der Waals surface area contributed by atoms with Crippen LogP contribution in [0, 0.1) is 10.8 Å². The SMILES string of the molecule is O=S1(=O)C[C@]23CC=CC[C@@]2(CCC3)C1. The lowest BCUT2D eigenvalue weighted by Crippen LogP contribution is -2.37. The van der Waals surface area contributed by atoms with Crippen molar-refractivity contribution >= 4 is 9.84 Å². The highest BCUT2D eigenvalue weighted by Crippen LogP contribution is 2.64. The minimum absolute atomic E-state index is 0.139. The molecule has 1 saturated heterocycles. The molecule has 0 bridgehead atoms. The third-order valence-electron chi connectivity index (χ3n) is 4.61. The van der Waals surface area contributed by atoms with E-state index in [0.29, 0.717) is 11.5 Å². The van der Waals surface area contributed by atoms with Crippen molar-refractivity contribution in [2.24, 2.45) is 10.8 Å². The van der Waals surface area contributed by atoms with Crippen molar-refractivity contribution in [2.45, 2.75) is 32.1 Å². The number of hydrogen-bond acceptors (Lipinski definition) is 2. The number of rotatable bonds is 0. The first kappa shape index (κ1) is 8.96. The van der Waals surface area contributed by atoms with Crippen LogP contribution in [-0.4, -0.2) is 19.9 Å². The third kappa shape index (κ3) is 0.940. The summed E-state index contributed by atoms with van der Waals surface area (Å²) in [6, 6.07) is 0. The van der Waals surface area contributed by atoms with Crippen molar-refractivity contribution in [3.8, 4) is 0 Å². The van der Waals surface area contributed by atoms with Crippen molar-refractivity contribution in [1.29, 1.82) is 0 Å². The van der Waals surface area contributed by atoms with Gasteiger partial charge in [0.1, 0.15) is 0 Å². The molecule has 0 aromatic rings. The summed E-state index contributed by atoms with van der Waals surface area (Å²) < 4.78 is 23.5. The van der Waals surface area contributed by atoms with Gasteiger partial charge < -0.3 is 0 Å². The van der Waals surface area contributed by atoms with Gasteiger partial charge in [-0.3, -0.25) is 0 Å². The maximum absolute atomic E-state index is 11.8. The highest BCUT2D eigenvalue weighted by Gasteiger charge is 2.62. The summed E-state index contributed by atoms with van der Waals surface area (Å²) in [7, 11) is -2.75. The normalized spacial score (nSPS) is 48.9. The van der Waals surface area contributed by atoms with Crippen molar-refractivity contribution < 1.29 is 8.42 Å². The molecule has 0 aromatic carbocycles. The van der Waals surface area contributed by atoms with Gasteiger partial charge in [-0.15, -0.1) is 0 Å². The maximum atomic E-state index is 11.8. The first-order chi connectivity index (χ1) is 6.58. The second-order valence-corrected chi connectivity index (χ2v) is 7.39. The average Bonchev–Trinajstić information content (AvgIpc) is 2.50. The zero-order chi connectivity index (χ0) is 9.86. The summed E-state index contributed by atoms with van der Waals surface area (Å²) in [5, 5.41) is 0. The second-order valence-electron chi connectivity index (χ2n) is 5.33. The summed E-state index contributed by atoms with van der Waals surface area (Å²) in [6.45, 7) is 0. The molecule has 0 N–H and O–H groups in total. The van der Waals surface area contributed by atoms with Crippen LogP contribution in [0.4, 0.5) is 0 Å². The summed E-state index contributed by atoms with van der Waals surface area (Å²) in [4.78, 5) is 0. The third-order valence-corrected chi connectivity index (χ3v) is 6.60. The van der Waals surface area contributed by atoms with Gasteiger partial charge in [0.05, 0.1) is 11.5 Å². The molecular weight excluding hydrogens is 196 g/mol. The van der Waals surface area contributed by atoms with Crippen molar-refractivity contribution in [1.82, 2.24) is 0 Å². The van der Waals surface area contributed by atoms with Crippen molar-refractivity contribution in [3.63, 3.8) is 0 Å². The lowest BCUT2D eigenvalue weighted by atomic mass is 9.62. The Morgan fingerprint density at radius 1 is 0.929 bits per heavy atom. The minimum Gasteiger partial charge on any atom is -0.229 e. The van der Waals surface area contributed by atoms with Crippen LogP contribution in [0.3, 0.4) is 0 Å². The van der Waals surface area contributed by atoms with Crippen LogP contribution >= 0.6 is 0 Å². The van der Waals surface area contributed by atoms with Gasteiger partial charge in [-0.05, 0) is 36.5 Å². The van der Waals surface area contributed by atoms with Crippen molar-refractivity contribution in [2.75, 3.05) is 11.5 Å². The number of allylic oxidation sites excluding steroid dienone is 2. The molecule has 1 aliphatic heterocycles. The van der Waals surface area contributed by atoms with E-state index in [1.807, 2.05) is 0 Å². The topological polar surface area (TPSA) is 34.1 Å². The van der Waals surface area contributed by atoms with E-state index in [1.54, 1.807) is 0 Å². The first-order valence-electron chi connectivity index (χ1n) is 5.43. The van der Waals surface area contributed by atoms with Crippen LogP contribution in [0.2, 0.25) is 0 Å². The molecule has 0 spiro atoms. The summed E-state index contributed by atoms with van der Waals surface area (Å²) in [5.74, 6) is 0.925. The van der Waals surface area contributed by atoms with Crippen molar-refractivity contribution in [3.05, 3.63) is 12.2 Å². The van der Waals surface area contributed by atoms with E-state index in [9.17, 15) is 8.42 Å². The standard InChI is InChI=1S/C11H16O2S/c12-14(13)8-10-4-1-2-5-11(10,9-14)7-3-6-10/h1-2H,3-9H2/t10-,11-/m1/s1.